The van der Waals surface area contributed by atoms with Crippen LogP contribution in [0.25, 0.3) is 0 Å². The molecule has 2 heterocycles. The van der Waals surface area contributed by atoms with Crippen LogP contribution in [0.2, 0.25) is 0 Å². The van der Waals surface area contributed by atoms with Crippen molar-refractivity contribution < 1.29 is 9.15 Å². The summed E-state index contributed by atoms with van der Waals surface area (Å²) in [6, 6.07) is 0.408. The Balaban J connectivity index is 2.07. The van der Waals surface area contributed by atoms with Crippen LogP contribution in [-0.4, -0.2) is 28.4 Å². The van der Waals surface area contributed by atoms with Crippen LogP contribution in [0.4, 0.5) is 6.01 Å². The average molecular weight is 232 g/mol. The highest BCUT2D eigenvalue weighted by atomic mass is 35.5. The van der Waals surface area contributed by atoms with Crippen LogP contribution in [0.15, 0.2) is 4.42 Å². The van der Waals surface area contributed by atoms with Gasteiger partial charge in [0.05, 0.1) is 11.6 Å². The second-order valence-corrected chi connectivity index (χ2v) is 4.21. The van der Waals surface area contributed by atoms with Gasteiger partial charge >= 0.3 is 6.01 Å². The molecule has 15 heavy (non-hydrogen) atoms. The van der Waals surface area contributed by atoms with Crippen molar-refractivity contribution >= 4 is 17.6 Å². The van der Waals surface area contributed by atoms with E-state index in [-0.39, 0.29) is 17.5 Å². The molecular formula is C9H14ClN3O2. The van der Waals surface area contributed by atoms with Gasteiger partial charge in [-0.2, -0.15) is 0 Å². The molecule has 2 atom stereocenters. The molecule has 1 aliphatic heterocycles. The Labute approximate surface area is 93.1 Å². The van der Waals surface area contributed by atoms with Crippen LogP contribution in [0.1, 0.15) is 26.2 Å². The lowest BCUT2D eigenvalue weighted by Gasteiger charge is -2.27. The molecule has 0 spiro atoms. The Kier molecular flexibility index (Phi) is 2.84. The number of alkyl halides is 1. The smallest absolute Gasteiger partial charge is 0.316 e. The predicted molar refractivity (Wildman–Crippen MR) is 55.9 cm³/mol. The maximum absolute atomic E-state index is 5.57. The van der Waals surface area contributed by atoms with Crippen molar-refractivity contribution in [3.63, 3.8) is 0 Å². The summed E-state index contributed by atoms with van der Waals surface area (Å²) in [6.07, 6.45) is 1.05. The molecule has 1 fully saturated rings. The van der Waals surface area contributed by atoms with Crippen molar-refractivity contribution in [2.45, 2.75) is 37.8 Å². The molecule has 1 N–H and O–H groups in total. The average Bonchev–Trinajstić information content (AvgIpc) is 2.76. The molecule has 0 saturated carbocycles. The Morgan fingerprint density at radius 1 is 1.60 bits per heavy atom. The lowest BCUT2D eigenvalue weighted by Crippen LogP contribution is -2.41. The quantitative estimate of drug-likeness (QED) is 0.804. The minimum atomic E-state index is -0.143. The first-order chi connectivity index (χ1) is 7.14. The Hall–Kier alpha value is -0.810. The number of hydrogen-bond acceptors (Lipinski definition) is 5. The molecule has 1 saturated heterocycles. The second kappa shape index (κ2) is 3.98. The normalized spacial score (nSPS) is 30.7. The van der Waals surface area contributed by atoms with Crippen LogP contribution < -0.4 is 5.32 Å². The van der Waals surface area contributed by atoms with E-state index in [1.807, 2.05) is 6.92 Å². The van der Waals surface area contributed by atoms with E-state index >= 15 is 0 Å². The summed E-state index contributed by atoms with van der Waals surface area (Å²) in [4.78, 5) is 0. The number of aromatic nitrogens is 2. The number of ether oxygens (including phenoxy) is 1. The highest BCUT2D eigenvalue weighted by Gasteiger charge is 2.38. The topological polar surface area (TPSA) is 60.2 Å². The van der Waals surface area contributed by atoms with Gasteiger partial charge in [-0.05, 0) is 20.3 Å². The lowest BCUT2D eigenvalue weighted by atomic mass is 9.95. The third kappa shape index (κ3) is 2.08. The Bertz CT molecular complexity index is 344. The van der Waals surface area contributed by atoms with E-state index in [2.05, 4.69) is 22.4 Å². The Morgan fingerprint density at radius 3 is 2.93 bits per heavy atom. The number of hydrogen-bond donors (Lipinski definition) is 1. The fourth-order valence-electron chi connectivity index (χ4n) is 1.60. The predicted octanol–water partition coefficient (Wildman–Crippen LogP) is 1.79. The van der Waals surface area contributed by atoms with Gasteiger partial charge in [-0.25, -0.2) is 0 Å². The molecule has 1 aromatic rings. The van der Waals surface area contributed by atoms with Crippen LogP contribution in [0.3, 0.4) is 0 Å². The van der Waals surface area contributed by atoms with Crippen molar-refractivity contribution in [2.24, 2.45) is 0 Å². The van der Waals surface area contributed by atoms with Crippen molar-refractivity contribution in [2.75, 3.05) is 11.9 Å². The van der Waals surface area contributed by atoms with E-state index in [0.29, 0.717) is 11.9 Å². The summed E-state index contributed by atoms with van der Waals surface area (Å²) in [7, 11) is 0. The third-order valence-electron chi connectivity index (χ3n) is 2.86. The van der Waals surface area contributed by atoms with Gasteiger partial charge in [0.25, 0.3) is 0 Å². The first kappa shape index (κ1) is 10.7. The molecule has 6 heteroatoms. The highest BCUT2D eigenvalue weighted by Crippen LogP contribution is 2.28. The van der Waals surface area contributed by atoms with Gasteiger partial charge in [0.2, 0.25) is 5.89 Å². The second-order valence-electron chi connectivity index (χ2n) is 3.94. The zero-order chi connectivity index (χ0) is 10.9. The first-order valence-corrected chi connectivity index (χ1v) is 5.45. The summed E-state index contributed by atoms with van der Waals surface area (Å²) >= 11 is 5.57. The molecular weight excluding hydrogens is 218 g/mol. The van der Waals surface area contributed by atoms with Crippen molar-refractivity contribution in [1.29, 1.82) is 0 Å². The van der Waals surface area contributed by atoms with Gasteiger partial charge in [-0.3, -0.25) is 0 Å². The third-order valence-corrected chi connectivity index (χ3v) is 3.09. The maximum Gasteiger partial charge on any atom is 0.316 e. The minimum Gasteiger partial charge on any atom is -0.407 e. The summed E-state index contributed by atoms with van der Waals surface area (Å²) in [5.41, 5.74) is -0.143. The van der Waals surface area contributed by atoms with E-state index in [9.17, 15) is 0 Å². The molecule has 0 amide bonds. The van der Waals surface area contributed by atoms with Gasteiger partial charge < -0.3 is 14.5 Å². The molecule has 0 bridgehead atoms. The SMILES string of the molecule is CC1OCCC1(C)Nc1nnc(CCl)o1. The van der Waals surface area contributed by atoms with Gasteiger partial charge in [0.1, 0.15) is 5.88 Å². The molecule has 84 valence electrons. The van der Waals surface area contributed by atoms with Crippen molar-refractivity contribution in [3.05, 3.63) is 5.89 Å². The van der Waals surface area contributed by atoms with Gasteiger partial charge in [0.15, 0.2) is 0 Å². The highest BCUT2D eigenvalue weighted by molar-refractivity contribution is 6.16. The molecule has 0 aliphatic carbocycles. The molecule has 2 rings (SSSR count). The molecule has 5 nitrogen and oxygen atoms in total. The standard InChI is InChI=1S/C9H14ClN3O2/c1-6-9(2,3-4-14-6)11-8-13-12-7(5-10)15-8/h6H,3-5H2,1-2H3,(H,11,13). The molecule has 0 aromatic carbocycles. The van der Waals surface area contributed by atoms with E-state index in [1.165, 1.54) is 0 Å². The van der Waals surface area contributed by atoms with Crippen LogP contribution >= 0.6 is 11.6 Å². The molecule has 2 unspecified atom stereocenters. The summed E-state index contributed by atoms with van der Waals surface area (Å²) in [5, 5.41) is 10.8. The number of nitrogens with zero attached hydrogens (tertiary/aromatic N) is 2. The minimum absolute atomic E-state index is 0.129. The monoisotopic (exact) mass is 231 g/mol. The summed E-state index contributed by atoms with van der Waals surface area (Å²) < 4.78 is 10.8. The number of anilines is 1. The number of rotatable bonds is 3. The van der Waals surface area contributed by atoms with E-state index < -0.39 is 0 Å². The molecule has 0 radical (unpaired) electrons. The lowest BCUT2D eigenvalue weighted by molar-refractivity contribution is 0.104. The zero-order valence-electron chi connectivity index (χ0n) is 8.79. The largest absolute Gasteiger partial charge is 0.407 e. The van der Waals surface area contributed by atoms with E-state index in [1.54, 1.807) is 0 Å². The van der Waals surface area contributed by atoms with Crippen molar-refractivity contribution in [3.8, 4) is 0 Å². The first-order valence-electron chi connectivity index (χ1n) is 4.92. The van der Waals surface area contributed by atoms with E-state index in [0.717, 1.165) is 13.0 Å². The maximum atomic E-state index is 5.57. The fourth-order valence-corrected chi connectivity index (χ4v) is 1.71. The van der Waals surface area contributed by atoms with Gasteiger partial charge in [-0.15, -0.1) is 16.7 Å². The number of halogens is 1. The van der Waals surface area contributed by atoms with Gasteiger partial charge in [-0.1, -0.05) is 5.10 Å². The molecule has 1 aromatic heterocycles. The Morgan fingerprint density at radius 2 is 2.40 bits per heavy atom. The number of nitrogens with one attached hydrogen (secondary N) is 1. The van der Waals surface area contributed by atoms with Crippen LogP contribution in [0, 0.1) is 0 Å². The van der Waals surface area contributed by atoms with Crippen LogP contribution in [0.5, 0.6) is 0 Å². The van der Waals surface area contributed by atoms with Crippen molar-refractivity contribution in [1.82, 2.24) is 10.2 Å². The van der Waals surface area contributed by atoms with E-state index in [4.69, 9.17) is 20.8 Å². The summed E-state index contributed by atoms with van der Waals surface area (Å²) in [5.74, 6) is 0.659. The van der Waals surface area contributed by atoms with Gasteiger partial charge in [0, 0.05) is 6.61 Å². The van der Waals surface area contributed by atoms with Crippen LogP contribution in [-0.2, 0) is 10.6 Å². The fraction of sp³-hybridized carbons (Fsp3) is 0.778. The molecule has 1 aliphatic rings. The summed E-state index contributed by atoms with van der Waals surface area (Å²) in [6.45, 7) is 4.86. The zero-order valence-corrected chi connectivity index (χ0v) is 9.54.